The van der Waals surface area contributed by atoms with Crippen molar-refractivity contribution in [1.29, 1.82) is 0 Å². The molecule has 1 amide bonds. The number of carbonyl (C=O) groups excluding carboxylic acids is 1. The summed E-state index contributed by atoms with van der Waals surface area (Å²) in [4.78, 5) is 11.5. The van der Waals surface area contributed by atoms with Gasteiger partial charge in [-0.3, -0.25) is 4.79 Å². The fraction of sp³-hybridized carbons (Fsp3) is 0.500. The van der Waals surface area contributed by atoms with Crippen LogP contribution in [-0.4, -0.2) is 18.0 Å². The highest BCUT2D eigenvalue weighted by Crippen LogP contribution is 2.28. The zero-order valence-corrected chi connectivity index (χ0v) is 10.2. The van der Waals surface area contributed by atoms with Crippen LogP contribution in [0.25, 0.3) is 0 Å². The molecular formula is C10H14Cl2N2O2. The zero-order chi connectivity index (χ0) is 10.9. The number of hydrogen-bond donors (Lipinski definition) is 2. The molecule has 0 spiro atoms. The van der Waals surface area contributed by atoms with Crippen LogP contribution in [-0.2, 0) is 0 Å². The standard InChI is InChI=1S/C10H13ClN2O2.ClH/c11-8-3-2-7(15-8)9(14)13-6-10(12)4-1-5-10;/h2-3H,1,4-6,12H2,(H,13,14);1H. The van der Waals surface area contributed by atoms with Crippen molar-refractivity contribution >= 4 is 29.9 Å². The van der Waals surface area contributed by atoms with Gasteiger partial charge in [0.1, 0.15) is 0 Å². The van der Waals surface area contributed by atoms with Gasteiger partial charge in [-0.15, -0.1) is 12.4 Å². The summed E-state index contributed by atoms with van der Waals surface area (Å²) in [5.74, 6) is -0.0402. The van der Waals surface area contributed by atoms with E-state index < -0.39 is 0 Å². The molecule has 16 heavy (non-hydrogen) atoms. The Balaban J connectivity index is 0.00000128. The molecule has 1 aliphatic carbocycles. The number of rotatable bonds is 3. The minimum atomic E-state index is -0.265. The third kappa shape index (κ3) is 2.90. The van der Waals surface area contributed by atoms with Crippen LogP contribution in [0, 0.1) is 0 Å². The largest absolute Gasteiger partial charge is 0.440 e. The number of furan rings is 1. The number of nitrogens with one attached hydrogen (secondary N) is 1. The van der Waals surface area contributed by atoms with Gasteiger partial charge < -0.3 is 15.5 Å². The molecule has 1 heterocycles. The van der Waals surface area contributed by atoms with Gasteiger partial charge in [0.25, 0.3) is 5.91 Å². The predicted molar refractivity (Wildman–Crippen MR) is 64.1 cm³/mol. The normalized spacial score (nSPS) is 17.1. The van der Waals surface area contributed by atoms with Crippen molar-refractivity contribution in [1.82, 2.24) is 5.32 Å². The van der Waals surface area contributed by atoms with E-state index in [9.17, 15) is 4.79 Å². The first-order chi connectivity index (χ1) is 7.09. The first-order valence-electron chi connectivity index (χ1n) is 4.91. The van der Waals surface area contributed by atoms with Crippen molar-refractivity contribution in [2.45, 2.75) is 24.8 Å². The number of carbonyl (C=O) groups is 1. The molecule has 0 unspecified atom stereocenters. The van der Waals surface area contributed by atoms with Gasteiger partial charge in [-0.1, -0.05) is 0 Å². The van der Waals surface area contributed by atoms with Crippen LogP contribution in [0.5, 0.6) is 0 Å². The maximum Gasteiger partial charge on any atom is 0.287 e. The second-order valence-corrected chi connectivity index (χ2v) is 4.37. The third-order valence-electron chi connectivity index (χ3n) is 2.75. The molecule has 0 aliphatic heterocycles. The first kappa shape index (κ1) is 13.4. The van der Waals surface area contributed by atoms with Gasteiger partial charge in [-0.25, -0.2) is 0 Å². The molecule has 0 bridgehead atoms. The summed E-state index contributed by atoms with van der Waals surface area (Å²) in [6.45, 7) is 0.490. The topological polar surface area (TPSA) is 68.3 Å². The Morgan fingerprint density at radius 3 is 2.69 bits per heavy atom. The third-order valence-corrected chi connectivity index (χ3v) is 2.95. The first-order valence-corrected chi connectivity index (χ1v) is 5.29. The van der Waals surface area contributed by atoms with Crippen molar-refractivity contribution in [2.75, 3.05) is 6.54 Å². The smallest absolute Gasteiger partial charge is 0.287 e. The van der Waals surface area contributed by atoms with Crippen LogP contribution < -0.4 is 11.1 Å². The van der Waals surface area contributed by atoms with Crippen LogP contribution in [0.1, 0.15) is 29.8 Å². The molecule has 1 aliphatic rings. The van der Waals surface area contributed by atoms with E-state index in [-0.39, 0.29) is 34.8 Å². The number of hydrogen-bond acceptors (Lipinski definition) is 3. The average Bonchev–Trinajstić information content (AvgIpc) is 2.58. The van der Waals surface area contributed by atoms with E-state index in [0.717, 1.165) is 19.3 Å². The molecule has 0 aromatic carbocycles. The van der Waals surface area contributed by atoms with E-state index in [0.29, 0.717) is 6.54 Å². The molecule has 4 nitrogen and oxygen atoms in total. The molecule has 0 saturated heterocycles. The van der Waals surface area contributed by atoms with Crippen molar-refractivity contribution in [2.24, 2.45) is 5.73 Å². The molecule has 0 atom stereocenters. The van der Waals surface area contributed by atoms with Crippen molar-refractivity contribution < 1.29 is 9.21 Å². The number of nitrogens with two attached hydrogens (primary N) is 1. The lowest BCUT2D eigenvalue weighted by Crippen LogP contribution is -2.54. The van der Waals surface area contributed by atoms with Crippen LogP contribution in [0.15, 0.2) is 16.5 Å². The van der Waals surface area contributed by atoms with E-state index in [1.54, 1.807) is 6.07 Å². The summed E-state index contributed by atoms with van der Waals surface area (Å²) in [5.41, 5.74) is 5.75. The lowest BCUT2D eigenvalue weighted by atomic mass is 9.78. The fourth-order valence-corrected chi connectivity index (χ4v) is 1.73. The summed E-state index contributed by atoms with van der Waals surface area (Å²) in [6, 6.07) is 3.08. The van der Waals surface area contributed by atoms with E-state index in [2.05, 4.69) is 5.32 Å². The molecular weight excluding hydrogens is 251 g/mol. The Kier molecular flexibility index (Phi) is 4.24. The molecule has 1 aromatic heterocycles. The molecule has 0 radical (unpaired) electrons. The second kappa shape index (κ2) is 5.08. The van der Waals surface area contributed by atoms with Gasteiger partial charge in [0.05, 0.1) is 0 Å². The van der Waals surface area contributed by atoms with Crippen LogP contribution >= 0.6 is 24.0 Å². The highest BCUT2D eigenvalue weighted by Gasteiger charge is 2.32. The molecule has 1 saturated carbocycles. The van der Waals surface area contributed by atoms with E-state index in [1.165, 1.54) is 6.07 Å². The number of amides is 1. The van der Waals surface area contributed by atoms with Gasteiger partial charge in [0.15, 0.2) is 11.0 Å². The minimum absolute atomic E-state index is 0. The molecule has 1 fully saturated rings. The summed E-state index contributed by atoms with van der Waals surface area (Å²) < 4.78 is 4.97. The van der Waals surface area contributed by atoms with Crippen LogP contribution in [0.3, 0.4) is 0 Å². The van der Waals surface area contributed by atoms with Gasteiger partial charge >= 0.3 is 0 Å². The van der Waals surface area contributed by atoms with Crippen molar-refractivity contribution in [3.05, 3.63) is 23.1 Å². The highest BCUT2D eigenvalue weighted by molar-refractivity contribution is 6.29. The van der Waals surface area contributed by atoms with E-state index in [1.807, 2.05) is 0 Å². The lowest BCUT2D eigenvalue weighted by Gasteiger charge is -2.37. The monoisotopic (exact) mass is 264 g/mol. The Labute approximate surface area is 105 Å². The van der Waals surface area contributed by atoms with Gasteiger partial charge in [-0.2, -0.15) is 0 Å². The predicted octanol–water partition coefficient (Wildman–Crippen LogP) is 1.97. The number of halogens is 2. The van der Waals surface area contributed by atoms with Crippen LogP contribution in [0.2, 0.25) is 5.22 Å². The Hall–Kier alpha value is -0.710. The zero-order valence-electron chi connectivity index (χ0n) is 8.66. The molecule has 2 rings (SSSR count). The highest BCUT2D eigenvalue weighted by atomic mass is 35.5. The van der Waals surface area contributed by atoms with Crippen molar-refractivity contribution in [3.8, 4) is 0 Å². The average molecular weight is 265 g/mol. The fourth-order valence-electron chi connectivity index (χ4n) is 1.59. The Morgan fingerprint density at radius 1 is 1.56 bits per heavy atom. The SMILES string of the molecule is Cl.NC1(CNC(=O)c2ccc(Cl)o2)CCC1. The Bertz CT molecular complexity index is 375. The van der Waals surface area contributed by atoms with Crippen LogP contribution in [0.4, 0.5) is 0 Å². The maximum atomic E-state index is 11.5. The summed E-state index contributed by atoms with van der Waals surface area (Å²) in [7, 11) is 0. The summed E-state index contributed by atoms with van der Waals surface area (Å²) in [5, 5.41) is 2.95. The maximum absolute atomic E-state index is 11.5. The minimum Gasteiger partial charge on any atom is -0.440 e. The van der Waals surface area contributed by atoms with Gasteiger partial charge in [0, 0.05) is 12.1 Å². The second-order valence-electron chi connectivity index (χ2n) is 4.00. The van der Waals surface area contributed by atoms with Crippen molar-refractivity contribution in [3.63, 3.8) is 0 Å². The summed E-state index contributed by atoms with van der Waals surface area (Å²) >= 11 is 5.56. The molecule has 90 valence electrons. The lowest BCUT2D eigenvalue weighted by molar-refractivity contribution is 0.0902. The molecule has 1 aromatic rings. The summed E-state index contributed by atoms with van der Waals surface area (Å²) in [6.07, 6.45) is 3.07. The van der Waals surface area contributed by atoms with E-state index in [4.69, 9.17) is 21.8 Å². The van der Waals surface area contributed by atoms with Gasteiger partial charge in [0.2, 0.25) is 0 Å². The molecule has 3 N–H and O–H groups in total. The Morgan fingerprint density at radius 2 is 2.25 bits per heavy atom. The van der Waals surface area contributed by atoms with Gasteiger partial charge in [-0.05, 0) is 43.0 Å². The van der Waals surface area contributed by atoms with E-state index >= 15 is 0 Å². The quantitative estimate of drug-likeness (QED) is 0.877. The molecule has 6 heteroatoms.